The molecule has 0 N–H and O–H groups in total. The number of rotatable bonds is 3. The predicted molar refractivity (Wildman–Crippen MR) is 148 cm³/mol. The number of hydrogen-bond acceptors (Lipinski definition) is 3. The number of aryl methyl sites for hydroxylation is 4. The molecule has 2 atom stereocenters. The van der Waals surface area contributed by atoms with Crippen molar-refractivity contribution in [2.45, 2.75) is 64.5 Å². The van der Waals surface area contributed by atoms with Gasteiger partial charge in [0, 0.05) is 36.7 Å². The molecule has 0 spiro atoms. The molecule has 0 amide bonds. The summed E-state index contributed by atoms with van der Waals surface area (Å²) in [5, 5.41) is 0. The Morgan fingerprint density at radius 1 is 0.821 bits per heavy atom. The van der Waals surface area contributed by atoms with E-state index in [2.05, 4.69) is 64.7 Å². The van der Waals surface area contributed by atoms with Crippen molar-refractivity contribution in [3.63, 3.8) is 0 Å². The summed E-state index contributed by atoms with van der Waals surface area (Å²) in [6, 6.07) is 23.8. The number of ether oxygens (including phenoxy) is 1. The largest absolute Gasteiger partial charge is 2.00 e. The van der Waals surface area contributed by atoms with Crippen LogP contribution in [0.1, 0.15) is 55.3 Å². The van der Waals surface area contributed by atoms with Crippen LogP contribution in [0.15, 0.2) is 54.7 Å². The average Bonchev–Trinajstić information content (AvgIpc) is 3.55. The number of benzene rings is 3. The monoisotopic (exact) mass is 693 g/mol. The van der Waals surface area contributed by atoms with E-state index in [9.17, 15) is 0 Å². The second-order valence-electron chi connectivity index (χ2n) is 11.2. The van der Waals surface area contributed by atoms with Crippen molar-refractivity contribution in [3.8, 4) is 34.3 Å². The minimum Gasteiger partial charge on any atom is -0.497 e. The molecule has 0 saturated heterocycles. The molecule has 2 unspecified atom stereocenters. The molecule has 6 heteroatoms. The molecule has 0 radical (unpaired) electrons. The molecule has 5 aromatic rings. The van der Waals surface area contributed by atoms with E-state index in [-0.39, 0.29) is 21.1 Å². The fourth-order valence-corrected chi connectivity index (χ4v) is 6.77. The van der Waals surface area contributed by atoms with Crippen LogP contribution in [-0.4, -0.2) is 19.1 Å². The molecule has 3 aromatic carbocycles. The normalized spacial score (nSPS) is 19.4. The molecular weight excluding hydrogens is 663 g/mol. The Morgan fingerprint density at radius 3 is 2.33 bits per heavy atom. The molecule has 2 aromatic heterocycles. The number of nitrogens with zero attached hydrogens (tertiary/aromatic N) is 4. The second-order valence-corrected chi connectivity index (χ2v) is 11.2. The Morgan fingerprint density at radius 2 is 1.54 bits per heavy atom. The smallest absolute Gasteiger partial charge is 0.497 e. The van der Waals surface area contributed by atoms with Gasteiger partial charge in [0.25, 0.3) is 0 Å². The van der Waals surface area contributed by atoms with Gasteiger partial charge in [-0.05, 0) is 37.3 Å². The minimum absolute atomic E-state index is 0. The van der Waals surface area contributed by atoms with E-state index in [1.165, 1.54) is 48.0 Å². The minimum atomic E-state index is 0. The first kappa shape index (κ1) is 24.8. The fourth-order valence-electron chi connectivity index (χ4n) is 6.77. The zero-order chi connectivity index (χ0) is 25.2. The Bertz CT molecular complexity index is 1700. The van der Waals surface area contributed by atoms with Gasteiger partial charge in [-0.15, -0.1) is 46.5 Å². The third kappa shape index (κ3) is 4.17. The van der Waals surface area contributed by atoms with Crippen molar-refractivity contribution in [2.24, 2.45) is 5.92 Å². The predicted octanol–water partition coefficient (Wildman–Crippen LogP) is 7.36. The van der Waals surface area contributed by atoms with Gasteiger partial charge >= 0.3 is 21.1 Å². The first-order valence-electron chi connectivity index (χ1n) is 14.0. The zero-order valence-corrected chi connectivity index (χ0v) is 24.3. The van der Waals surface area contributed by atoms with Gasteiger partial charge in [0.1, 0.15) is 0 Å². The molecule has 1 fully saturated rings. The molecule has 4 heterocycles. The quantitative estimate of drug-likeness (QED) is 0.186. The van der Waals surface area contributed by atoms with Crippen LogP contribution in [0.3, 0.4) is 0 Å². The van der Waals surface area contributed by atoms with Crippen molar-refractivity contribution in [1.82, 2.24) is 19.1 Å². The SMILES string of the molecule is CC1CCCCC1c1cn2c(n1)-c1[c-]c(Oc3[c-]c4c(cc3)CCn3c-4nc4ccccc43)ccc1CC2.[Pt+2]. The van der Waals surface area contributed by atoms with Crippen molar-refractivity contribution in [2.75, 3.05) is 0 Å². The molecule has 8 rings (SSSR count). The van der Waals surface area contributed by atoms with Crippen LogP contribution in [-0.2, 0) is 47.0 Å². The van der Waals surface area contributed by atoms with Crippen LogP contribution in [0.25, 0.3) is 33.8 Å². The van der Waals surface area contributed by atoms with Crippen molar-refractivity contribution in [1.29, 1.82) is 0 Å². The Balaban J connectivity index is 0.00000253. The average molecular weight is 694 g/mol. The molecule has 39 heavy (non-hydrogen) atoms. The maximum absolute atomic E-state index is 6.37. The molecule has 5 nitrogen and oxygen atoms in total. The van der Waals surface area contributed by atoms with Gasteiger partial charge < -0.3 is 13.9 Å². The zero-order valence-electron chi connectivity index (χ0n) is 22.0. The summed E-state index contributed by atoms with van der Waals surface area (Å²) in [5.74, 6) is 4.67. The van der Waals surface area contributed by atoms with Crippen LogP contribution in [0.5, 0.6) is 11.5 Å². The Labute approximate surface area is 243 Å². The Kier molecular flexibility index (Phi) is 6.23. The van der Waals surface area contributed by atoms with E-state index in [4.69, 9.17) is 14.7 Å². The fraction of sp³-hybridized carbons (Fsp3) is 0.333. The van der Waals surface area contributed by atoms with E-state index >= 15 is 0 Å². The number of para-hydroxylation sites is 2. The summed E-state index contributed by atoms with van der Waals surface area (Å²) in [7, 11) is 0. The first-order chi connectivity index (χ1) is 18.7. The topological polar surface area (TPSA) is 44.9 Å². The van der Waals surface area contributed by atoms with Gasteiger partial charge in [0.05, 0.1) is 28.4 Å². The van der Waals surface area contributed by atoms with E-state index in [0.29, 0.717) is 23.3 Å². The maximum atomic E-state index is 6.37. The summed E-state index contributed by atoms with van der Waals surface area (Å²) in [6.45, 7) is 4.30. The van der Waals surface area contributed by atoms with E-state index < -0.39 is 0 Å². The molecule has 3 aliphatic rings. The van der Waals surface area contributed by atoms with E-state index in [1.54, 1.807) is 0 Å². The maximum Gasteiger partial charge on any atom is 2.00 e. The van der Waals surface area contributed by atoms with E-state index in [1.807, 2.05) is 18.2 Å². The molecule has 2 aliphatic heterocycles. The first-order valence-corrected chi connectivity index (χ1v) is 14.0. The second kappa shape index (κ2) is 9.78. The Hall–Kier alpha value is -3.17. The standard InChI is InChI=1S/C33H30N4O.Pt/c1-21-6-2-3-7-26(21)30-20-36-16-14-22-10-12-24(18-27(22)32(36)35-30)38-25-13-11-23-15-17-37-31-9-5-4-8-29(31)34-33(37)28(23)19-25;/h4-5,8-13,20-21,26H,2-3,6-7,14-17H2,1H3;/q-2;+2. The molecule has 0 bridgehead atoms. The van der Waals surface area contributed by atoms with Crippen LogP contribution in [0.4, 0.5) is 0 Å². The van der Waals surface area contributed by atoms with Gasteiger partial charge in [-0.1, -0.05) is 50.5 Å². The van der Waals surface area contributed by atoms with Gasteiger partial charge in [0.15, 0.2) is 0 Å². The van der Waals surface area contributed by atoms with Crippen LogP contribution in [0.2, 0.25) is 0 Å². The van der Waals surface area contributed by atoms with Gasteiger partial charge in [0.2, 0.25) is 0 Å². The molecular formula is C33H30N4OPt. The van der Waals surface area contributed by atoms with E-state index in [0.717, 1.165) is 54.2 Å². The van der Waals surface area contributed by atoms with Crippen LogP contribution >= 0.6 is 0 Å². The van der Waals surface area contributed by atoms with Crippen molar-refractivity contribution in [3.05, 3.63) is 83.7 Å². The number of aromatic nitrogens is 4. The summed E-state index contributed by atoms with van der Waals surface area (Å²) in [4.78, 5) is 10.1. The molecule has 198 valence electrons. The summed E-state index contributed by atoms with van der Waals surface area (Å²) >= 11 is 0. The summed E-state index contributed by atoms with van der Waals surface area (Å²) in [6.07, 6.45) is 9.48. The number of imidazole rings is 2. The van der Waals surface area contributed by atoms with Gasteiger partial charge in [-0.25, -0.2) is 0 Å². The third-order valence-corrected chi connectivity index (χ3v) is 8.85. The number of hydrogen-bond donors (Lipinski definition) is 0. The molecule has 1 saturated carbocycles. The van der Waals surface area contributed by atoms with Gasteiger partial charge in [-0.3, -0.25) is 9.97 Å². The summed E-state index contributed by atoms with van der Waals surface area (Å²) in [5.41, 5.74) is 8.12. The molecule has 1 aliphatic carbocycles. The van der Waals surface area contributed by atoms with Crippen molar-refractivity contribution < 1.29 is 25.8 Å². The third-order valence-electron chi connectivity index (χ3n) is 8.85. The van der Waals surface area contributed by atoms with Crippen molar-refractivity contribution >= 4 is 11.0 Å². The summed E-state index contributed by atoms with van der Waals surface area (Å²) < 4.78 is 11.0. The van der Waals surface area contributed by atoms with Crippen LogP contribution < -0.4 is 4.74 Å². The van der Waals surface area contributed by atoms with Gasteiger partial charge in [-0.2, -0.15) is 0 Å². The van der Waals surface area contributed by atoms with Crippen LogP contribution in [0, 0.1) is 18.1 Å². The number of fused-ring (bicyclic) bond motifs is 8.